The summed E-state index contributed by atoms with van der Waals surface area (Å²) in [7, 11) is 0. The Kier molecular flexibility index (Phi) is 6.00. The SMILES string of the molecule is O=C(NC1CCN(C(=O)OCCCl)CC1)c1ccccc1F. The molecular formula is C15H18ClFN2O3. The first kappa shape index (κ1) is 16.5. The van der Waals surface area contributed by atoms with Gasteiger partial charge in [0.25, 0.3) is 5.91 Å². The van der Waals surface area contributed by atoms with Gasteiger partial charge in [0.15, 0.2) is 0 Å². The third-order valence-corrected chi connectivity index (χ3v) is 3.66. The van der Waals surface area contributed by atoms with Crippen LogP contribution in [0.5, 0.6) is 0 Å². The van der Waals surface area contributed by atoms with Crippen LogP contribution in [0.15, 0.2) is 24.3 Å². The fraction of sp³-hybridized carbons (Fsp3) is 0.467. The Morgan fingerprint density at radius 3 is 2.64 bits per heavy atom. The molecule has 7 heteroatoms. The van der Waals surface area contributed by atoms with Crippen molar-refractivity contribution in [2.75, 3.05) is 25.6 Å². The molecular weight excluding hydrogens is 311 g/mol. The molecule has 0 radical (unpaired) electrons. The highest BCUT2D eigenvalue weighted by Gasteiger charge is 2.25. The van der Waals surface area contributed by atoms with Crippen molar-refractivity contribution >= 4 is 23.6 Å². The second-order valence-corrected chi connectivity index (χ2v) is 5.40. The molecule has 1 aromatic rings. The molecule has 2 rings (SSSR count). The molecule has 1 aromatic carbocycles. The molecule has 120 valence electrons. The van der Waals surface area contributed by atoms with Crippen LogP contribution in [0.3, 0.4) is 0 Å². The van der Waals surface area contributed by atoms with Gasteiger partial charge in [0.1, 0.15) is 12.4 Å². The zero-order valence-corrected chi connectivity index (χ0v) is 12.8. The zero-order chi connectivity index (χ0) is 15.9. The number of ether oxygens (including phenoxy) is 1. The van der Waals surface area contributed by atoms with E-state index in [9.17, 15) is 14.0 Å². The van der Waals surface area contributed by atoms with Crippen molar-refractivity contribution in [3.05, 3.63) is 35.6 Å². The summed E-state index contributed by atoms with van der Waals surface area (Å²) in [5, 5.41) is 2.80. The van der Waals surface area contributed by atoms with Gasteiger partial charge in [-0.1, -0.05) is 12.1 Å². The number of benzene rings is 1. The lowest BCUT2D eigenvalue weighted by atomic mass is 10.0. The number of carbonyl (C=O) groups is 2. The number of likely N-dealkylation sites (tertiary alicyclic amines) is 1. The molecule has 0 aromatic heterocycles. The highest BCUT2D eigenvalue weighted by atomic mass is 35.5. The Morgan fingerprint density at radius 1 is 1.32 bits per heavy atom. The maximum atomic E-state index is 13.5. The largest absolute Gasteiger partial charge is 0.448 e. The van der Waals surface area contributed by atoms with E-state index in [1.54, 1.807) is 11.0 Å². The molecule has 5 nitrogen and oxygen atoms in total. The number of piperidine rings is 1. The Morgan fingerprint density at radius 2 is 2.00 bits per heavy atom. The van der Waals surface area contributed by atoms with Crippen LogP contribution in [-0.2, 0) is 4.74 Å². The summed E-state index contributed by atoms with van der Waals surface area (Å²) in [4.78, 5) is 25.3. The van der Waals surface area contributed by atoms with E-state index in [2.05, 4.69) is 5.32 Å². The minimum Gasteiger partial charge on any atom is -0.448 e. The summed E-state index contributed by atoms with van der Waals surface area (Å²) >= 11 is 5.46. The van der Waals surface area contributed by atoms with Gasteiger partial charge < -0.3 is 15.0 Å². The highest BCUT2D eigenvalue weighted by molar-refractivity contribution is 6.18. The van der Waals surface area contributed by atoms with Crippen LogP contribution in [0.2, 0.25) is 0 Å². The number of alkyl halides is 1. The molecule has 1 fully saturated rings. The summed E-state index contributed by atoms with van der Waals surface area (Å²) in [6.45, 7) is 1.16. The van der Waals surface area contributed by atoms with Gasteiger partial charge in [0, 0.05) is 19.1 Å². The molecule has 1 N–H and O–H groups in total. The molecule has 2 amide bonds. The summed E-state index contributed by atoms with van der Waals surface area (Å²) in [6.07, 6.45) is 0.825. The van der Waals surface area contributed by atoms with Crippen molar-refractivity contribution in [1.29, 1.82) is 0 Å². The van der Waals surface area contributed by atoms with E-state index < -0.39 is 11.7 Å². The number of amides is 2. The van der Waals surface area contributed by atoms with Gasteiger partial charge in [-0.05, 0) is 25.0 Å². The number of hydrogen-bond donors (Lipinski definition) is 1. The third-order valence-electron chi connectivity index (χ3n) is 3.51. The molecule has 0 aliphatic carbocycles. The maximum Gasteiger partial charge on any atom is 0.409 e. The number of carbonyl (C=O) groups excluding carboxylic acids is 2. The van der Waals surface area contributed by atoms with Gasteiger partial charge in [-0.3, -0.25) is 4.79 Å². The van der Waals surface area contributed by atoms with Crippen LogP contribution in [0.1, 0.15) is 23.2 Å². The van der Waals surface area contributed by atoms with E-state index in [1.165, 1.54) is 18.2 Å². The normalized spacial score (nSPS) is 15.5. The van der Waals surface area contributed by atoms with E-state index >= 15 is 0 Å². The zero-order valence-electron chi connectivity index (χ0n) is 12.1. The highest BCUT2D eigenvalue weighted by Crippen LogP contribution is 2.13. The smallest absolute Gasteiger partial charge is 0.409 e. The fourth-order valence-electron chi connectivity index (χ4n) is 2.33. The Bertz CT molecular complexity index is 533. The lowest BCUT2D eigenvalue weighted by molar-refractivity contribution is 0.0859. The Labute approximate surface area is 133 Å². The van der Waals surface area contributed by atoms with E-state index in [0.717, 1.165) is 0 Å². The predicted molar refractivity (Wildman–Crippen MR) is 80.5 cm³/mol. The van der Waals surface area contributed by atoms with E-state index in [-0.39, 0.29) is 30.2 Å². The molecule has 0 spiro atoms. The van der Waals surface area contributed by atoms with E-state index in [4.69, 9.17) is 16.3 Å². The number of nitrogens with zero attached hydrogens (tertiary/aromatic N) is 1. The standard InChI is InChI=1S/C15H18ClFN2O3/c16-7-10-22-15(21)19-8-5-11(6-9-19)18-14(20)12-3-1-2-4-13(12)17/h1-4,11H,5-10H2,(H,18,20). The first-order chi connectivity index (χ1) is 10.6. The van der Waals surface area contributed by atoms with Crippen molar-refractivity contribution in [3.63, 3.8) is 0 Å². The van der Waals surface area contributed by atoms with Crippen LogP contribution in [-0.4, -0.2) is 48.5 Å². The first-order valence-electron chi connectivity index (χ1n) is 7.15. The number of nitrogens with one attached hydrogen (secondary N) is 1. The van der Waals surface area contributed by atoms with Gasteiger partial charge in [0.05, 0.1) is 11.4 Å². The van der Waals surface area contributed by atoms with Crippen LogP contribution in [0.25, 0.3) is 0 Å². The topological polar surface area (TPSA) is 58.6 Å². The molecule has 0 saturated carbocycles. The van der Waals surface area contributed by atoms with E-state index in [0.29, 0.717) is 25.9 Å². The van der Waals surface area contributed by atoms with Gasteiger partial charge in [-0.25, -0.2) is 9.18 Å². The Balaban J connectivity index is 1.81. The number of rotatable bonds is 4. The number of halogens is 2. The average molecular weight is 329 g/mol. The molecule has 0 bridgehead atoms. The molecule has 0 unspecified atom stereocenters. The van der Waals surface area contributed by atoms with E-state index in [1.807, 2.05) is 0 Å². The van der Waals surface area contributed by atoms with Crippen LogP contribution in [0.4, 0.5) is 9.18 Å². The van der Waals surface area contributed by atoms with Crippen molar-refractivity contribution in [2.45, 2.75) is 18.9 Å². The molecule has 22 heavy (non-hydrogen) atoms. The van der Waals surface area contributed by atoms with Crippen molar-refractivity contribution in [1.82, 2.24) is 10.2 Å². The van der Waals surface area contributed by atoms with Crippen molar-refractivity contribution in [2.24, 2.45) is 0 Å². The van der Waals surface area contributed by atoms with Gasteiger partial charge >= 0.3 is 6.09 Å². The van der Waals surface area contributed by atoms with Crippen molar-refractivity contribution < 1.29 is 18.7 Å². The van der Waals surface area contributed by atoms with Crippen molar-refractivity contribution in [3.8, 4) is 0 Å². The molecule has 1 aliphatic rings. The summed E-state index contributed by atoms with van der Waals surface area (Å²) in [5.74, 6) is -0.704. The Hall–Kier alpha value is -1.82. The monoisotopic (exact) mass is 328 g/mol. The lowest BCUT2D eigenvalue weighted by Crippen LogP contribution is -2.46. The minimum absolute atomic E-state index is 0.0338. The number of hydrogen-bond acceptors (Lipinski definition) is 3. The third kappa shape index (κ3) is 4.34. The van der Waals surface area contributed by atoms with Crippen LogP contribution < -0.4 is 5.32 Å². The maximum absolute atomic E-state index is 13.5. The van der Waals surface area contributed by atoms with Crippen LogP contribution >= 0.6 is 11.6 Å². The second-order valence-electron chi connectivity index (χ2n) is 5.02. The minimum atomic E-state index is -0.540. The summed E-state index contributed by atoms with van der Waals surface area (Å²) in [6, 6.07) is 5.78. The quantitative estimate of drug-likeness (QED) is 0.863. The summed E-state index contributed by atoms with van der Waals surface area (Å²) < 4.78 is 18.5. The second kappa shape index (κ2) is 7.98. The lowest BCUT2D eigenvalue weighted by Gasteiger charge is -2.31. The van der Waals surface area contributed by atoms with Gasteiger partial charge in [-0.2, -0.15) is 0 Å². The van der Waals surface area contributed by atoms with Gasteiger partial charge in [-0.15, -0.1) is 11.6 Å². The predicted octanol–water partition coefficient (Wildman–Crippen LogP) is 2.40. The molecule has 1 aliphatic heterocycles. The van der Waals surface area contributed by atoms with Gasteiger partial charge in [0.2, 0.25) is 0 Å². The van der Waals surface area contributed by atoms with Crippen LogP contribution in [0, 0.1) is 5.82 Å². The molecule has 1 heterocycles. The average Bonchev–Trinajstić information content (AvgIpc) is 2.53. The first-order valence-corrected chi connectivity index (χ1v) is 7.68. The summed E-state index contributed by atoms with van der Waals surface area (Å²) in [5.41, 5.74) is 0.0338. The molecule has 1 saturated heterocycles. The fourth-order valence-corrected chi connectivity index (χ4v) is 2.41. The molecule has 0 atom stereocenters.